The first-order valence-electron chi connectivity index (χ1n) is 14.6. The van der Waals surface area contributed by atoms with Crippen LogP contribution in [0.15, 0.2) is 109 Å². The Hall–Kier alpha value is -5.28. The van der Waals surface area contributed by atoms with E-state index < -0.39 is 52.4 Å². The molecule has 1 heterocycles. The minimum absolute atomic E-state index is 0.186. The number of carbonyl (C=O) groups is 4. The lowest BCUT2D eigenvalue weighted by Crippen LogP contribution is -2.71. The van der Waals surface area contributed by atoms with Crippen molar-refractivity contribution in [2.75, 3.05) is 14.2 Å². The van der Waals surface area contributed by atoms with Crippen molar-refractivity contribution in [3.05, 3.63) is 131 Å². The molecule has 1 aliphatic heterocycles. The molecule has 1 saturated heterocycles. The third-order valence-electron chi connectivity index (χ3n) is 9.22. The summed E-state index contributed by atoms with van der Waals surface area (Å²) < 4.78 is 10.7. The van der Waals surface area contributed by atoms with Gasteiger partial charge in [0.15, 0.2) is 5.78 Å². The number of rotatable bonds is 7. The average molecular weight is 605 g/mol. The summed E-state index contributed by atoms with van der Waals surface area (Å²) in [6.45, 7) is 0. The molecule has 4 aromatic carbocycles. The number of ether oxygens (including phenoxy) is 2. The lowest BCUT2D eigenvalue weighted by molar-refractivity contribution is -0.162. The number of amides is 4. The van der Waals surface area contributed by atoms with Crippen LogP contribution >= 0.6 is 0 Å². The summed E-state index contributed by atoms with van der Waals surface area (Å²) in [7, 11) is 3.04. The molecule has 6 rings (SSSR count). The summed E-state index contributed by atoms with van der Waals surface area (Å²) in [5, 5.41) is 17.7. The monoisotopic (exact) mass is 604 g/mol. The number of carbonyl (C=O) groups excluding carboxylic acids is 4. The first-order chi connectivity index (χ1) is 21.7. The van der Waals surface area contributed by atoms with E-state index in [2.05, 4.69) is 10.6 Å². The number of Topliss-reactive ketones (excluding diaryl/α,β-unsaturated/α-hetero) is 1. The van der Waals surface area contributed by atoms with Crippen LogP contribution in [-0.4, -0.2) is 43.0 Å². The maximum absolute atomic E-state index is 14.8. The molecule has 9 heteroatoms. The van der Waals surface area contributed by atoms with E-state index in [0.717, 1.165) is 0 Å². The fourth-order valence-corrected chi connectivity index (χ4v) is 7.16. The van der Waals surface area contributed by atoms with E-state index in [9.17, 15) is 24.3 Å². The van der Waals surface area contributed by atoms with Crippen LogP contribution in [0.3, 0.4) is 0 Å². The molecule has 0 aromatic heterocycles. The van der Waals surface area contributed by atoms with Crippen LogP contribution in [0.2, 0.25) is 0 Å². The van der Waals surface area contributed by atoms with Crippen LogP contribution in [0.25, 0.3) is 0 Å². The Morgan fingerprint density at radius 1 is 0.711 bits per heavy atom. The van der Waals surface area contributed by atoms with Crippen molar-refractivity contribution in [1.82, 2.24) is 10.6 Å². The third kappa shape index (κ3) is 4.85. The lowest BCUT2D eigenvalue weighted by atomic mass is 9.46. The van der Waals surface area contributed by atoms with E-state index in [1.807, 2.05) is 0 Å². The van der Waals surface area contributed by atoms with Crippen molar-refractivity contribution < 1.29 is 33.8 Å². The molecule has 4 amide bonds. The maximum atomic E-state index is 14.8. The van der Waals surface area contributed by atoms with Gasteiger partial charge in [0, 0.05) is 17.4 Å². The number of aliphatic hydroxyl groups is 1. The highest BCUT2D eigenvalue weighted by molar-refractivity contribution is 6.21. The number of imide groups is 2. The van der Waals surface area contributed by atoms with Crippen molar-refractivity contribution in [1.29, 1.82) is 0 Å². The number of urea groups is 1. The van der Waals surface area contributed by atoms with Gasteiger partial charge in [-0.2, -0.15) is 0 Å². The summed E-state index contributed by atoms with van der Waals surface area (Å²) in [6.07, 6.45) is -0.186. The van der Waals surface area contributed by atoms with Gasteiger partial charge in [0.05, 0.1) is 20.1 Å². The number of barbiturate groups is 1. The molecular weight excluding hydrogens is 572 g/mol. The predicted molar refractivity (Wildman–Crippen MR) is 165 cm³/mol. The molecule has 9 nitrogen and oxygen atoms in total. The highest BCUT2D eigenvalue weighted by atomic mass is 16.5. The van der Waals surface area contributed by atoms with Crippen LogP contribution in [0.5, 0.6) is 11.5 Å². The number of nitrogens with one attached hydrogen (secondary N) is 2. The molecule has 1 aliphatic carbocycles. The minimum Gasteiger partial charge on any atom is -0.497 e. The minimum atomic E-state index is -2.03. The number of hydrogen-bond acceptors (Lipinski definition) is 7. The van der Waals surface area contributed by atoms with E-state index in [1.54, 1.807) is 109 Å². The molecule has 4 unspecified atom stereocenters. The second-order valence-electron chi connectivity index (χ2n) is 11.4. The smallest absolute Gasteiger partial charge is 0.328 e. The second kappa shape index (κ2) is 11.7. The van der Waals surface area contributed by atoms with Gasteiger partial charge in [-0.3, -0.25) is 25.0 Å². The molecule has 2 fully saturated rings. The summed E-state index contributed by atoms with van der Waals surface area (Å²) in [5.74, 6) is -4.64. The molecule has 228 valence electrons. The van der Waals surface area contributed by atoms with Gasteiger partial charge in [0.2, 0.25) is 11.8 Å². The lowest BCUT2D eigenvalue weighted by Gasteiger charge is -2.57. The zero-order valence-corrected chi connectivity index (χ0v) is 24.7. The van der Waals surface area contributed by atoms with E-state index in [1.165, 1.54) is 14.2 Å². The van der Waals surface area contributed by atoms with Crippen LogP contribution < -0.4 is 20.1 Å². The highest BCUT2D eigenvalue weighted by Crippen LogP contribution is 2.64. The summed E-state index contributed by atoms with van der Waals surface area (Å²) in [6, 6.07) is 30.0. The van der Waals surface area contributed by atoms with E-state index in [-0.39, 0.29) is 6.42 Å². The van der Waals surface area contributed by atoms with E-state index in [0.29, 0.717) is 33.8 Å². The predicted octanol–water partition coefficient (Wildman–Crippen LogP) is 4.71. The van der Waals surface area contributed by atoms with Gasteiger partial charge in [0.25, 0.3) is 0 Å². The maximum Gasteiger partial charge on any atom is 0.328 e. The van der Waals surface area contributed by atoms with Gasteiger partial charge in [-0.1, -0.05) is 84.9 Å². The molecule has 45 heavy (non-hydrogen) atoms. The van der Waals surface area contributed by atoms with Crippen molar-refractivity contribution in [2.24, 2.45) is 11.3 Å². The Morgan fingerprint density at radius 2 is 1.20 bits per heavy atom. The first kappa shape index (κ1) is 29.8. The van der Waals surface area contributed by atoms with Gasteiger partial charge >= 0.3 is 6.03 Å². The summed E-state index contributed by atoms with van der Waals surface area (Å²) in [5.41, 5.74) is -2.14. The molecule has 3 N–H and O–H groups in total. The van der Waals surface area contributed by atoms with Crippen molar-refractivity contribution in [2.45, 2.75) is 23.9 Å². The number of ketones is 1. The van der Waals surface area contributed by atoms with Crippen molar-refractivity contribution in [3.63, 3.8) is 0 Å². The number of benzene rings is 4. The van der Waals surface area contributed by atoms with Crippen LogP contribution in [0.1, 0.15) is 45.3 Å². The Kier molecular flexibility index (Phi) is 7.72. The fraction of sp³-hybridized carbons (Fsp3) is 0.222. The van der Waals surface area contributed by atoms with E-state index >= 15 is 0 Å². The Morgan fingerprint density at radius 3 is 1.71 bits per heavy atom. The van der Waals surface area contributed by atoms with Gasteiger partial charge < -0.3 is 14.6 Å². The van der Waals surface area contributed by atoms with Gasteiger partial charge in [-0.05, 0) is 47.4 Å². The Labute approximate surface area is 260 Å². The standard InChI is InChI=1S/C36H32N2O7/c1-44-26-17-13-22(14-18-26)28-21-35(43,25-11-7-4-8-12-25)30(31(39)24-9-5-3-6-10-24)29(23-15-19-27(45-2)20-16-23)36(28)32(40)37-34(42)38-33(36)41/h3-20,28-30,43H,21H2,1-2H3,(H2,37,38,40,41,42). The fourth-order valence-electron chi connectivity index (χ4n) is 7.16. The zero-order chi connectivity index (χ0) is 31.8. The van der Waals surface area contributed by atoms with Crippen LogP contribution in [0.4, 0.5) is 4.79 Å². The number of hydrogen-bond donors (Lipinski definition) is 3. The van der Waals surface area contributed by atoms with Crippen molar-refractivity contribution in [3.8, 4) is 11.5 Å². The molecule has 0 radical (unpaired) electrons. The quantitative estimate of drug-likeness (QED) is 0.206. The van der Waals surface area contributed by atoms with Crippen LogP contribution in [0, 0.1) is 11.3 Å². The average Bonchev–Trinajstić information content (AvgIpc) is 3.07. The van der Waals surface area contributed by atoms with Gasteiger partial charge in [-0.25, -0.2) is 4.79 Å². The molecule has 1 spiro atoms. The third-order valence-corrected chi connectivity index (χ3v) is 9.22. The summed E-state index contributed by atoms with van der Waals surface area (Å²) in [4.78, 5) is 56.2. The molecule has 1 saturated carbocycles. The Balaban J connectivity index is 1.71. The van der Waals surface area contributed by atoms with Gasteiger partial charge in [0.1, 0.15) is 22.5 Å². The molecular formula is C36H32N2O7. The van der Waals surface area contributed by atoms with Crippen molar-refractivity contribution >= 4 is 23.6 Å². The summed E-state index contributed by atoms with van der Waals surface area (Å²) >= 11 is 0. The molecule has 4 atom stereocenters. The highest BCUT2D eigenvalue weighted by Gasteiger charge is 2.70. The number of methoxy groups -OCH3 is 2. The zero-order valence-electron chi connectivity index (χ0n) is 24.7. The molecule has 4 aromatic rings. The first-order valence-corrected chi connectivity index (χ1v) is 14.6. The largest absolute Gasteiger partial charge is 0.497 e. The molecule has 0 bridgehead atoms. The second-order valence-corrected chi connectivity index (χ2v) is 11.4. The normalized spacial score (nSPS) is 24.0. The SMILES string of the molecule is COc1ccc(C2CC(O)(c3ccccc3)C(C(=O)c3ccccc3)C(c3ccc(OC)cc3)C23C(=O)NC(=O)NC3=O)cc1. The Bertz CT molecular complexity index is 1720. The van der Waals surface area contributed by atoms with Crippen LogP contribution in [-0.2, 0) is 15.2 Å². The van der Waals surface area contributed by atoms with Gasteiger partial charge in [-0.15, -0.1) is 0 Å². The molecule has 2 aliphatic rings. The topological polar surface area (TPSA) is 131 Å². The van der Waals surface area contributed by atoms with E-state index in [4.69, 9.17) is 9.47 Å².